The summed E-state index contributed by atoms with van der Waals surface area (Å²) in [6, 6.07) is 0.403. The predicted octanol–water partition coefficient (Wildman–Crippen LogP) is 3.44. The maximum atomic E-state index is 12.4. The van der Waals surface area contributed by atoms with Gasteiger partial charge in [0, 0.05) is 32.1 Å². The number of carbonyl (C=O) groups excluding carboxylic acids is 1. The quantitative estimate of drug-likeness (QED) is 0.844. The third-order valence-electron chi connectivity index (χ3n) is 5.80. The summed E-state index contributed by atoms with van der Waals surface area (Å²) in [6.45, 7) is 10.6. The standard InChI is InChI=1S/C19H34N2O/c1-14-8-16(11-19(2,3)10-14)9-18(22)20-17-6-7-21(13-17)12-15-4-5-15/h14-17H,4-13H2,1-3H3,(H,20,22)/t14-,16-,17+/m1/s1. The topological polar surface area (TPSA) is 32.3 Å². The average molecular weight is 306 g/mol. The summed E-state index contributed by atoms with van der Waals surface area (Å²) >= 11 is 0. The van der Waals surface area contributed by atoms with Gasteiger partial charge in [-0.2, -0.15) is 0 Å². The SMILES string of the molecule is C[C@@H]1C[C@H](CC(=O)N[C@H]2CCN(CC3CC3)C2)CC(C)(C)C1. The van der Waals surface area contributed by atoms with Crippen LogP contribution in [0.5, 0.6) is 0 Å². The van der Waals surface area contributed by atoms with Crippen molar-refractivity contribution in [1.29, 1.82) is 0 Å². The van der Waals surface area contributed by atoms with Crippen LogP contribution >= 0.6 is 0 Å². The molecular formula is C19H34N2O. The van der Waals surface area contributed by atoms with Gasteiger partial charge in [-0.25, -0.2) is 0 Å². The molecule has 1 amide bonds. The van der Waals surface area contributed by atoms with Crippen LogP contribution in [-0.2, 0) is 4.79 Å². The lowest BCUT2D eigenvalue weighted by Crippen LogP contribution is -2.39. The maximum Gasteiger partial charge on any atom is 0.220 e. The predicted molar refractivity (Wildman–Crippen MR) is 90.6 cm³/mol. The van der Waals surface area contributed by atoms with Crippen molar-refractivity contribution in [2.75, 3.05) is 19.6 Å². The van der Waals surface area contributed by atoms with Crippen molar-refractivity contribution >= 4 is 5.91 Å². The first-order chi connectivity index (χ1) is 10.4. The van der Waals surface area contributed by atoms with Gasteiger partial charge < -0.3 is 10.2 Å². The van der Waals surface area contributed by atoms with E-state index in [9.17, 15) is 4.79 Å². The Morgan fingerprint density at radius 2 is 1.95 bits per heavy atom. The van der Waals surface area contributed by atoms with E-state index < -0.39 is 0 Å². The van der Waals surface area contributed by atoms with Crippen molar-refractivity contribution in [2.24, 2.45) is 23.2 Å². The summed E-state index contributed by atoms with van der Waals surface area (Å²) in [7, 11) is 0. The molecule has 3 fully saturated rings. The molecule has 0 radical (unpaired) electrons. The summed E-state index contributed by atoms with van der Waals surface area (Å²) in [5.41, 5.74) is 0.414. The Balaban J connectivity index is 1.40. The third-order valence-corrected chi connectivity index (χ3v) is 5.80. The van der Waals surface area contributed by atoms with E-state index in [1.54, 1.807) is 0 Å². The zero-order chi connectivity index (χ0) is 15.7. The van der Waals surface area contributed by atoms with Gasteiger partial charge in [0.05, 0.1) is 0 Å². The van der Waals surface area contributed by atoms with Crippen LogP contribution in [0.1, 0.15) is 65.7 Å². The highest BCUT2D eigenvalue weighted by Gasteiger charge is 2.34. The largest absolute Gasteiger partial charge is 0.352 e. The van der Waals surface area contributed by atoms with Gasteiger partial charge in [0.2, 0.25) is 5.91 Å². The molecule has 3 nitrogen and oxygen atoms in total. The first-order valence-electron chi connectivity index (χ1n) is 9.41. The van der Waals surface area contributed by atoms with Crippen LogP contribution in [0.25, 0.3) is 0 Å². The van der Waals surface area contributed by atoms with Gasteiger partial charge in [0.25, 0.3) is 0 Å². The van der Waals surface area contributed by atoms with Crippen LogP contribution in [0.4, 0.5) is 0 Å². The monoisotopic (exact) mass is 306 g/mol. The zero-order valence-electron chi connectivity index (χ0n) is 14.7. The van der Waals surface area contributed by atoms with Crippen molar-refractivity contribution in [1.82, 2.24) is 10.2 Å². The Morgan fingerprint density at radius 3 is 2.64 bits per heavy atom. The van der Waals surface area contributed by atoms with Crippen LogP contribution in [0.15, 0.2) is 0 Å². The molecule has 0 unspecified atom stereocenters. The van der Waals surface area contributed by atoms with E-state index in [0.29, 0.717) is 23.3 Å². The summed E-state index contributed by atoms with van der Waals surface area (Å²) in [6.07, 6.45) is 8.48. The van der Waals surface area contributed by atoms with Gasteiger partial charge in [-0.15, -0.1) is 0 Å². The van der Waals surface area contributed by atoms with Crippen LogP contribution in [0.3, 0.4) is 0 Å². The molecule has 0 aromatic rings. The van der Waals surface area contributed by atoms with Gasteiger partial charge in [-0.1, -0.05) is 20.8 Å². The van der Waals surface area contributed by atoms with Crippen LogP contribution in [0, 0.1) is 23.2 Å². The number of nitrogens with zero attached hydrogens (tertiary/aromatic N) is 1. The highest BCUT2D eigenvalue weighted by Crippen LogP contribution is 2.42. The van der Waals surface area contributed by atoms with Gasteiger partial charge in [0.1, 0.15) is 0 Å². The summed E-state index contributed by atoms with van der Waals surface area (Å²) in [4.78, 5) is 14.9. The molecule has 0 spiro atoms. The lowest BCUT2D eigenvalue weighted by atomic mass is 9.67. The van der Waals surface area contributed by atoms with Gasteiger partial charge in [0.15, 0.2) is 0 Å². The van der Waals surface area contributed by atoms with E-state index in [1.807, 2.05) is 0 Å². The van der Waals surface area contributed by atoms with E-state index in [2.05, 4.69) is 31.0 Å². The summed E-state index contributed by atoms with van der Waals surface area (Å²) in [5.74, 6) is 2.61. The number of hydrogen-bond acceptors (Lipinski definition) is 2. The lowest BCUT2D eigenvalue weighted by molar-refractivity contribution is -0.123. The fraction of sp³-hybridized carbons (Fsp3) is 0.947. The number of amides is 1. The van der Waals surface area contributed by atoms with Gasteiger partial charge in [-0.05, 0) is 61.7 Å². The Morgan fingerprint density at radius 1 is 1.18 bits per heavy atom. The van der Waals surface area contributed by atoms with E-state index >= 15 is 0 Å². The maximum absolute atomic E-state index is 12.4. The highest BCUT2D eigenvalue weighted by molar-refractivity contribution is 5.76. The van der Waals surface area contributed by atoms with Crippen molar-refractivity contribution in [2.45, 2.75) is 71.8 Å². The Labute approximate surface area is 136 Å². The number of likely N-dealkylation sites (tertiary alicyclic amines) is 1. The van der Waals surface area contributed by atoms with E-state index in [4.69, 9.17) is 0 Å². The molecule has 1 N–H and O–H groups in total. The molecule has 1 saturated heterocycles. The highest BCUT2D eigenvalue weighted by atomic mass is 16.1. The first kappa shape index (κ1) is 16.3. The second kappa shape index (κ2) is 6.51. The molecule has 0 aromatic carbocycles. The normalized spacial score (nSPS) is 35.5. The van der Waals surface area contributed by atoms with Crippen molar-refractivity contribution in [3.63, 3.8) is 0 Å². The second-order valence-electron chi connectivity index (χ2n) is 9.24. The molecular weight excluding hydrogens is 272 g/mol. The minimum Gasteiger partial charge on any atom is -0.352 e. The van der Waals surface area contributed by atoms with Gasteiger partial charge in [-0.3, -0.25) is 4.79 Å². The molecule has 126 valence electrons. The number of nitrogens with one attached hydrogen (secondary N) is 1. The fourth-order valence-corrected chi connectivity index (χ4v) is 5.03. The van der Waals surface area contributed by atoms with E-state index in [-0.39, 0.29) is 0 Å². The minimum absolute atomic E-state index is 0.299. The Kier molecular flexibility index (Phi) is 4.82. The molecule has 22 heavy (non-hydrogen) atoms. The zero-order valence-corrected chi connectivity index (χ0v) is 14.7. The summed E-state index contributed by atoms with van der Waals surface area (Å²) in [5, 5.41) is 3.31. The Hall–Kier alpha value is -0.570. The smallest absolute Gasteiger partial charge is 0.220 e. The average Bonchev–Trinajstić information content (AvgIpc) is 3.06. The second-order valence-corrected chi connectivity index (χ2v) is 9.24. The molecule has 0 aromatic heterocycles. The van der Waals surface area contributed by atoms with Crippen molar-refractivity contribution in [3.8, 4) is 0 Å². The molecule has 3 aliphatic rings. The van der Waals surface area contributed by atoms with Crippen molar-refractivity contribution < 1.29 is 4.79 Å². The third kappa shape index (κ3) is 4.71. The molecule has 3 rings (SSSR count). The molecule has 2 aliphatic carbocycles. The number of rotatable bonds is 5. The van der Waals surface area contributed by atoms with E-state index in [0.717, 1.165) is 31.2 Å². The molecule has 3 heteroatoms. The first-order valence-corrected chi connectivity index (χ1v) is 9.41. The molecule has 3 atom stereocenters. The van der Waals surface area contributed by atoms with Crippen molar-refractivity contribution in [3.05, 3.63) is 0 Å². The van der Waals surface area contributed by atoms with Crippen LogP contribution in [0.2, 0.25) is 0 Å². The van der Waals surface area contributed by atoms with Gasteiger partial charge >= 0.3 is 0 Å². The number of carbonyl (C=O) groups is 1. The molecule has 0 bridgehead atoms. The lowest BCUT2D eigenvalue weighted by Gasteiger charge is -2.38. The van der Waals surface area contributed by atoms with Crippen LogP contribution in [-0.4, -0.2) is 36.5 Å². The molecule has 1 heterocycles. The van der Waals surface area contributed by atoms with E-state index in [1.165, 1.54) is 45.2 Å². The summed E-state index contributed by atoms with van der Waals surface area (Å²) < 4.78 is 0. The fourth-order valence-electron chi connectivity index (χ4n) is 5.03. The Bertz CT molecular complexity index is 402. The minimum atomic E-state index is 0.299. The molecule has 1 aliphatic heterocycles. The molecule has 2 saturated carbocycles. The van der Waals surface area contributed by atoms with Crippen LogP contribution < -0.4 is 5.32 Å². The number of hydrogen-bond donors (Lipinski definition) is 1.